The largest absolute Gasteiger partial charge is 0.461 e. The fourth-order valence-corrected chi connectivity index (χ4v) is 6.39. The Morgan fingerprint density at radius 2 is 1.62 bits per heavy atom. The van der Waals surface area contributed by atoms with Crippen LogP contribution in [-0.4, -0.2) is 65.5 Å². The molecule has 3 aromatic carbocycles. The second-order valence-electron chi connectivity index (χ2n) is 12.7. The number of carbonyl (C=O) groups excluding carboxylic acids is 4. The van der Waals surface area contributed by atoms with Gasteiger partial charge in [-0.05, 0) is 81.0 Å². The molecule has 4 aromatic rings. The van der Waals surface area contributed by atoms with Crippen LogP contribution in [0.5, 0.6) is 0 Å². The lowest BCUT2D eigenvalue weighted by Gasteiger charge is -2.28. The van der Waals surface area contributed by atoms with Gasteiger partial charge in [0, 0.05) is 48.4 Å². The zero-order valence-electron chi connectivity index (χ0n) is 28.0. The minimum atomic E-state index is -0.780. The van der Waals surface area contributed by atoms with Crippen molar-refractivity contribution in [3.63, 3.8) is 0 Å². The third kappa shape index (κ3) is 8.04. The van der Waals surface area contributed by atoms with Crippen LogP contribution in [0.1, 0.15) is 64.1 Å². The second-order valence-corrected chi connectivity index (χ2v) is 12.7. The Labute approximate surface area is 290 Å². The lowest BCUT2D eigenvalue weighted by atomic mass is 10.0. The molecule has 0 unspecified atom stereocenters. The molecule has 0 radical (unpaired) electrons. The summed E-state index contributed by atoms with van der Waals surface area (Å²) in [6.07, 6.45) is 3.83. The molecule has 2 fully saturated rings. The number of rotatable bonds is 11. The van der Waals surface area contributed by atoms with Gasteiger partial charge in [0.15, 0.2) is 0 Å². The molecule has 2 aliphatic rings. The number of hydrogen-bond donors (Lipinski definition) is 3. The van der Waals surface area contributed by atoms with E-state index in [0.29, 0.717) is 49.4 Å². The summed E-state index contributed by atoms with van der Waals surface area (Å²) in [5.74, 6) is -0.389. The SMILES string of the molecule is Cc1cc2cc(N/C(N[C@H]3CCCCN(CC(=O)N4CCCC4)C3=O)=C(/C#N)C(=O)c3ccc(C(=O)NCc4ccccc4)cc3)ccc2o1. The molecule has 50 heavy (non-hydrogen) atoms. The van der Waals surface area contributed by atoms with Crippen molar-refractivity contribution < 1.29 is 23.6 Å². The van der Waals surface area contributed by atoms with Crippen molar-refractivity contribution >= 4 is 40.2 Å². The van der Waals surface area contributed by atoms with Gasteiger partial charge in [-0.2, -0.15) is 5.26 Å². The molecule has 0 spiro atoms. The predicted molar refractivity (Wildman–Crippen MR) is 189 cm³/mol. The number of nitriles is 1. The van der Waals surface area contributed by atoms with Crippen molar-refractivity contribution in [3.05, 3.63) is 113 Å². The van der Waals surface area contributed by atoms with Crippen LogP contribution in [0, 0.1) is 18.3 Å². The lowest BCUT2D eigenvalue weighted by Crippen LogP contribution is -2.49. The van der Waals surface area contributed by atoms with Gasteiger partial charge in [0.1, 0.15) is 34.8 Å². The summed E-state index contributed by atoms with van der Waals surface area (Å²) in [4.78, 5) is 57.0. The number of benzene rings is 3. The highest BCUT2D eigenvalue weighted by Gasteiger charge is 2.32. The lowest BCUT2D eigenvalue weighted by molar-refractivity contribution is -0.140. The first-order valence-corrected chi connectivity index (χ1v) is 17.0. The van der Waals surface area contributed by atoms with Crippen molar-refractivity contribution in [2.45, 2.75) is 51.6 Å². The first-order valence-electron chi connectivity index (χ1n) is 17.0. The highest BCUT2D eigenvalue weighted by Crippen LogP contribution is 2.25. The number of nitrogens with zero attached hydrogens (tertiary/aromatic N) is 3. The van der Waals surface area contributed by atoms with Crippen LogP contribution in [-0.2, 0) is 16.1 Å². The minimum absolute atomic E-state index is 0.00465. The number of aryl methyl sites for hydroxylation is 1. The Kier molecular flexibility index (Phi) is 10.6. The minimum Gasteiger partial charge on any atom is -0.461 e. The number of anilines is 1. The van der Waals surface area contributed by atoms with Crippen LogP contribution in [0.2, 0.25) is 0 Å². The van der Waals surface area contributed by atoms with E-state index in [0.717, 1.165) is 42.4 Å². The normalized spacial score (nSPS) is 16.7. The van der Waals surface area contributed by atoms with Crippen LogP contribution in [0.3, 0.4) is 0 Å². The molecule has 11 nitrogen and oxygen atoms in total. The van der Waals surface area contributed by atoms with Crippen molar-refractivity contribution in [1.29, 1.82) is 5.26 Å². The van der Waals surface area contributed by atoms with E-state index in [1.807, 2.05) is 49.4 Å². The summed E-state index contributed by atoms with van der Waals surface area (Å²) in [7, 11) is 0. The van der Waals surface area contributed by atoms with E-state index in [1.165, 1.54) is 12.1 Å². The van der Waals surface area contributed by atoms with Gasteiger partial charge < -0.3 is 30.2 Å². The summed E-state index contributed by atoms with van der Waals surface area (Å²) in [5, 5.41) is 20.5. The number of carbonyl (C=O) groups is 4. The first-order chi connectivity index (χ1) is 24.3. The third-order valence-corrected chi connectivity index (χ3v) is 9.09. The van der Waals surface area contributed by atoms with E-state index in [2.05, 4.69) is 22.0 Å². The molecular formula is C39H40N6O5. The van der Waals surface area contributed by atoms with Crippen LogP contribution in [0.15, 0.2) is 94.7 Å². The van der Waals surface area contributed by atoms with E-state index in [4.69, 9.17) is 4.42 Å². The molecule has 2 aliphatic heterocycles. The standard InChI is InChI=1S/C39H40N6O5/c1-26-21-30-22-31(16-17-34(30)50-26)42-37(43-33-11-5-6-20-45(39(33)49)25-35(46)44-18-7-8-19-44)32(23-40)36(47)28-12-14-29(15-13-28)38(48)41-24-27-9-3-2-4-10-27/h2-4,9-10,12-17,21-22,33,42-43H,5-8,11,18-20,24-25H2,1H3,(H,41,48)/b37-32+/t33-/m0/s1. The van der Waals surface area contributed by atoms with E-state index in [-0.39, 0.29) is 41.2 Å². The van der Waals surface area contributed by atoms with E-state index in [1.54, 1.807) is 34.1 Å². The van der Waals surface area contributed by atoms with Crippen LogP contribution in [0.4, 0.5) is 5.69 Å². The number of furan rings is 1. The Balaban J connectivity index is 1.26. The van der Waals surface area contributed by atoms with Gasteiger partial charge in [-0.25, -0.2) is 0 Å². The molecule has 1 atom stereocenters. The topological polar surface area (TPSA) is 148 Å². The maximum atomic E-state index is 13.9. The quantitative estimate of drug-likeness (QED) is 0.111. The van der Waals surface area contributed by atoms with E-state index >= 15 is 0 Å². The van der Waals surface area contributed by atoms with E-state index in [9.17, 15) is 24.4 Å². The Hall–Kier alpha value is -5.89. The molecule has 2 saturated heterocycles. The summed E-state index contributed by atoms with van der Waals surface area (Å²) >= 11 is 0. The molecule has 0 aliphatic carbocycles. The smallest absolute Gasteiger partial charge is 0.251 e. The Bertz CT molecular complexity index is 1950. The maximum absolute atomic E-state index is 13.9. The van der Waals surface area contributed by atoms with Crippen molar-refractivity contribution in [2.75, 3.05) is 31.5 Å². The molecule has 0 bridgehead atoms. The van der Waals surface area contributed by atoms with Gasteiger partial charge in [0.2, 0.25) is 17.6 Å². The van der Waals surface area contributed by atoms with Gasteiger partial charge in [-0.3, -0.25) is 19.2 Å². The van der Waals surface area contributed by atoms with Gasteiger partial charge >= 0.3 is 0 Å². The van der Waals surface area contributed by atoms with Gasteiger partial charge in [-0.1, -0.05) is 42.5 Å². The molecular weight excluding hydrogens is 632 g/mol. The van der Waals surface area contributed by atoms with Crippen LogP contribution >= 0.6 is 0 Å². The molecule has 3 N–H and O–H groups in total. The summed E-state index contributed by atoms with van der Waals surface area (Å²) in [6, 6.07) is 24.2. The molecule has 256 valence electrons. The zero-order valence-corrected chi connectivity index (χ0v) is 28.0. The maximum Gasteiger partial charge on any atom is 0.251 e. The van der Waals surface area contributed by atoms with Gasteiger partial charge in [0.05, 0.1) is 6.54 Å². The number of likely N-dealkylation sites (tertiary alicyclic amines) is 2. The van der Waals surface area contributed by atoms with Crippen molar-refractivity contribution in [2.24, 2.45) is 0 Å². The molecule has 1 aromatic heterocycles. The summed E-state index contributed by atoms with van der Waals surface area (Å²) in [5.41, 5.74) is 2.56. The Morgan fingerprint density at radius 3 is 2.36 bits per heavy atom. The highest BCUT2D eigenvalue weighted by atomic mass is 16.3. The first kappa shape index (κ1) is 34.0. The van der Waals surface area contributed by atoms with Gasteiger partial charge in [0.25, 0.3) is 5.91 Å². The van der Waals surface area contributed by atoms with Crippen LogP contribution < -0.4 is 16.0 Å². The molecule has 11 heteroatoms. The van der Waals surface area contributed by atoms with Crippen molar-refractivity contribution in [3.8, 4) is 6.07 Å². The number of hydrogen-bond acceptors (Lipinski definition) is 8. The monoisotopic (exact) mass is 672 g/mol. The molecule has 6 rings (SSSR count). The average Bonchev–Trinajstić information content (AvgIpc) is 3.77. The third-order valence-electron chi connectivity index (χ3n) is 9.09. The van der Waals surface area contributed by atoms with E-state index < -0.39 is 11.8 Å². The molecule has 0 saturated carbocycles. The zero-order chi connectivity index (χ0) is 35.0. The number of Topliss-reactive ketones (excluding diaryl/α,β-unsaturated/α-hetero) is 1. The van der Waals surface area contributed by atoms with Gasteiger partial charge in [-0.15, -0.1) is 0 Å². The molecule has 3 amide bonds. The molecule has 3 heterocycles. The van der Waals surface area contributed by atoms with Crippen LogP contribution in [0.25, 0.3) is 11.0 Å². The van der Waals surface area contributed by atoms with Crippen molar-refractivity contribution in [1.82, 2.24) is 20.4 Å². The number of allylic oxidation sites excluding steroid dienone is 1. The fourth-order valence-electron chi connectivity index (χ4n) is 6.39. The average molecular weight is 673 g/mol. The summed E-state index contributed by atoms with van der Waals surface area (Å²) < 4.78 is 5.71. The second kappa shape index (κ2) is 15.6. The number of nitrogens with one attached hydrogen (secondary N) is 3. The highest BCUT2D eigenvalue weighted by molar-refractivity contribution is 6.12. The number of ketones is 1. The summed E-state index contributed by atoms with van der Waals surface area (Å²) in [6.45, 7) is 4.06. The fraction of sp³-hybridized carbons (Fsp3) is 0.308. The number of amides is 3. The predicted octanol–water partition coefficient (Wildman–Crippen LogP) is 5.29. The Morgan fingerprint density at radius 1 is 0.900 bits per heavy atom. The number of fused-ring (bicyclic) bond motifs is 1.